The summed E-state index contributed by atoms with van der Waals surface area (Å²) in [7, 11) is -0.787. The Hall–Kier alpha value is 2.37. The van der Waals surface area contributed by atoms with Crippen molar-refractivity contribution in [1.29, 1.82) is 0 Å². The summed E-state index contributed by atoms with van der Waals surface area (Å²) in [6.07, 6.45) is 0.00980. The van der Waals surface area contributed by atoms with Crippen molar-refractivity contribution in [3.8, 4) is 0 Å². The van der Waals surface area contributed by atoms with Gasteiger partial charge in [-0.25, -0.2) is 22.4 Å². The molecule has 0 N–H and O–H groups in total. The summed E-state index contributed by atoms with van der Waals surface area (Å²) in [5.41, 5.74) is 0. The highest BCUT2D eigenvalue weighted by molar-refractivity contribution is 9.33. The maximum Gasteiger partial charge on any atom is -0.00136 e. The quantitative estimate of drug-likeness (QED) is 0.522. The van der Waals surface area contributed by atoms with Crippen LogP contribution in [0.5, 0.6) is 0 Å². The molecule has 0 saturated carbocycles. The van der Waals surface area contributed by atoms with Crippen LogP contribution in [0.3, 0.4) is 0 Å². The Morgan fingerprint density at radius 2 is 1.30 bits per heavy atom. The smallest absolute Gasteiger partial charge is 0.00136 e. The first-order valence-corrected chi connectivity index (χ1v) is 13.2. The van der Waals surface area contributed by atoms with Gasteiger partial charge in [0.15, 0.2) is 0 Å². The van der Waals surface area contributed by atoms with E-state index in [1.165, 1.54) is 0 Å². The lowest BCUT2D eigenvalue weighted by molar-refractivity contribution is 2.53. The van der Waals surface area contributed by atoms with Gasteiger partial charge in [-0.1, -0.05) is 33.8 Å². The average molecular weight is 304 g/mol. The zero-order valence-corrected chi connectivity index (χ0v) is 12.0. The average Bonchev–Trinajstić information content (AvgIpc) is 1.62. The summed E-state index contributed by atoms with van der Waals surface area (Å²) in [6.45, 7) is 0. The van der Waals surface area contributed by atoms with Gasteiger partial charge in [-0.2, -0.15) is 0 Å². The Labute approximate surface area is 90.4 Å². The molecule has 0 saturated heterocycles. The molecule has 0 aliphatic heterocycles. The Morgan fingerprint density at radius 3 is 1.30 bits per heavy atom. The second kappa shape index (κ2) is 4.05. The third-order valence-corrected chi connectivity index (χ3v) is 32.5. The second-order valence-electron chi connectivity index (χ2n) is 1.32. The fraction of sp³-hybridized carbons (Fsp3) is 1.00. The van der Waals surface area contributed by atoms with Crippen molar-refractivity contribution in [2.45, 2.75) is 0 Å². The molecule has 0 spiro atoms. The molecule has 0 radical (unpaired) electrons. The molecule has 0 fully saturated rings. The minimum absolute atomic E-state index is 0.787. The summed E-state index contributed by atoms with van der Waals surface area (Å²) in [4.78, 5) is 0. The minimum Gasteiger partial charge on any atom is -0.272 e. The Balaban J connectivity index is 5.68. The van der Waals surface area contributed by atoms with E-state index >= 15 is 0 Å². The van der Waals surface area contributed by atoms with Crippen LogP contribution in [0.2, 0.25) is 0 Å². The van der Waals surface area contributed by atoms with Crippen molar-refractivity contribution in [1.82, 2.24) is 0 Å². The van der Waals surface area contributed by atoms with E-state index in [1.807, 2.05) is 0 Å². The predicted molar refractivity (Wildman–Crippen MR) is 72.2 cm³/mol. The fourth-order valence-electron chi connectivity index (χ4n) is 0.101. The second-order valence-corrected chi connectivity index (χ2v) is 26.5. The van der Waals surface area contributed by atoms with Crippen LogP contribution in [-0.2, 0) is 85.6 Å². The SMILES string of the molecule is CS(=S)(=S)S(=S)(=S)[S-](=S)=S. The molecule has 0 rings (SSSR count). The monoisotopic (exact) mass is 303 g/mol. The first-order chi connectivity index (χ1) is 4.19. The van der Waals surface area contributed by atoms with Gasteiger partial charge in [-0.15, -0.1) is 0 Å². The van der Waals surface area contributed by atoms with E-state index in [2.05, 4.69) is 0 Å². The molecule has 0 bridgehead atoms. The molecule has 10 heavy (non-hydrogen) atoms. The lowest BCUT2D eigenvalue weighted by Crippen LogP contribution is -2.07. The zero-order chi connectivity index (χ0) is 8.58. The Kier molecular flexibility index (Phi) is 5.01. The molecule has 0 amide bonds. The van der Waals surface area contributed by atoms with Crippen LogP contribution in [0.4, 0.5) is 0 Å². The van der Waals surface area contributed by atoms with Crippen molar-refractivity contribution in [3.63, 3.8) is 0 Å². The summed E-state index contributed by atoms with van der Waals surface area (Å²) in [6, 6.07) is 0. The molecule has 62 valence electrons. The van der Waals surface area contributed by atoms with Crippen molar-refractivity contribution in [2.24, 2.45) is 0 Å². The summed E-state index contributed by atoms with van der Waals surface area (Å²) in [5, 5.41) is -1.88. The van der Waals surface area contributed by atoms with Crippen molar-refractivity contribution < 1.29 is 0 Å². The van der Waals surface area contributed by atoms with Crippen LogP contribution in [0.15, 0.2) is 0 Å². The van der Waals surface area contributed by atoms with E-state index in [0.29, 0.717) is 0 Å². The molecule has 0 aromatic heterocycles. The number of rotatable bonds is 2. The molecule has 0 aliphatic carbocycles. The van der Waals surface area contributed by atoms with Gasteiger partial charge < -0.3 is 0 Å². The van der Waals surface area contributed by atoms with Gasteiger partial charge in [0.1, 0.15) is 0 Å². The highest BCUT2D eigenvalue weighted by atomic mass is 34.0. The normalized spacial score (nSPS) is 13.8. The molecular weight excluding hydrogens is 301 g/mol. The van der Waals surface area contributed by atoms with Gasteiger partial charge in [0.05, 0.1) is 0 Å². The van der Waals surface area contributed by atoms with E-state index in [4.69, 9.17) is 67.1 Å². The predicted octanol–water partition coefficient (Wildman–Crippen LogP) is 0.144. The van der Waals surface area contributed by atoms with Crippen molar-refractivity contribution in [2.75, 3.05) is 6.26 Å². The van der Waals surface area contributed by atoms with Gasteiger partial charge in [-0.05, 0) is 28.6 Å². The highest BCUT2D eigenvalue weighted by Crippen LogP contribution is 2.04. The van der Waals surface area contributed by atoms with Crippen LogP contribution in [0, 0.1) is 0 Å². The molecule has 0 heterocycles. The molecule has 0 nitrogen and oxygen atoms in total. The summed E-state index contributed by atoms with van der Waals surface area (Å²) in [5.74, 6) is 0. The number of hydrogen-bond acceptors (Lipinski definition) is 7. The van der Waals surface area contributed by atoms with E-state index < -0.39 is 18.4 Å². The lowest BCUT2D eigenvalue weighted by atomic mass is 12.0. The molecule has 0 unspecified atom stereocenters. The maximum absolute atomic E-state index is 5.04. The van der Waals surface area contributed by atoms with Gasteiger partial charge in [0.2, 0.25) is 0 Å². The summed E-state index contributed by atoms with van der Waals surface area (Å²) < 4.78 is 0. The third kappa shape index (κ3) is 3.02. The van der Waals surface area contributed by atoms with Gasteiger partial charge in [0.25, 0.3) is 0 Å². The standard InChI is InChI=1S/CH3S9/c1-9(4,5)10(6,7)8(2)3/h1H3/q-1. The minimum atomic E-state index is -1.88. The van der Waals surface area contributed by atoms with E-state index in [9.17, 15) is 0 Å². The van der Waals surface area contributed by atoms with Crippen LogP contribution in [0.1, 0.15) is 0 Å². The van der Waals surface area contributed by atoms with Gasteiger partial charge in [0, 0.05) is 0 Å². The summed E-state index contributed by atoms with van der Waals surface area (Å²) >= 11 is 29.7. The van der Waals surface area contributed by atoms with Crippen LogP contribution >= 0.6 is 0 Å². The van der Waals surface area contributed by atoms with E-state index in [-0.39, 0.29) is 0 Å². The first-order valence-electron chi connectivity index (χ1n) is 1.74. The van der Waals surface area contributed by atoms with Crippen LogP contribution in [0.25, 0.3) is 0 Å². The van der Waals surface area contributed by atoms with Gasteiger partial charge >= 0.3 is 0 Å². The topological polar surface area (TPSA) is 0 Å². The van der Waals surface area contributed by atoms with E-state index in [1.54, 1.807) is 6.26 Å². The van der Waals surface area contributed by atoms with Crippen molar-refractivity contribution >= 4 is 85.6 Å². The lowest BCUT2D eigenvalue weighted by Gasteiger charge is -2.16. The molecule has 0 atom stereocenters. The van der Waals surface area contributed by atoms with Gasteiger partial charge in [-0.3, -0.25) is 7.05 Å². The highest BCUT2D eigenvalue weighted by Gasteiger charge is 1.96. The maximum atomic E-state index is 5.04. The van der Waals surface area contributed by atoms with Crippen LogP contribution < -0.4 is 0 Å². The number of hydrogen-bond donors (Lipinski definition) is 0. The molecular formula is CH3S9-. The van der Waals surface area contributed by atoms with Crippen molar-refractivity contribution in [3.05, 3.63) is 0 Å². The zero-order valence-electron chi connectivity index (χ0n) is 4.67. The first kappa shape index (κ1) is 12.4. The molecule has 0 aliphatic rings. The van der Waals surface area contributed by atoms with E-state index in [0.717, 1.165) is 0 Å². The fourth-order valence-corrected chi connectivity index (χ4v) is 15.5. The molecule has 0 aromatic carbocycles. The third-order valence-electron chi connectivity index (χ3n) is 0.537. The Bertz CT molecular complexity index is 360. The van der Waals surface area contributed by atoms with Crippen LogP contribution in [-0.4, -0.2) is 6.26 Å². The Morgan fingerprint density at radius 1 is 1.00 bits per heavy atom. The molecule has 0 aromatic rings. The molecule has 9 heteroatoms. The largest absolute Gasteiger partial charge is 0.272 e.